The van der Waals surface area contributed by atoms with E-state index < -0.39 is 24.9 Å². The van der Waals surface area contributed by atoms with Gasteiger partial charge in [-0.15, -0.1) is 0 Å². The summed E-state index contributed by atoms with van der Waals surface area (Å²) in [5.41, 5.74) is -3.51. The molecule has 0 rings (SSSR count). The molecule has 0 bridgehead atoms. The molecule has 0 aromatic carbocycles. The molecule has 0 saturated heterocycles. The van der Waals surface area contributed by atoms with Gasteiger partial charge < -0.3 is 9.90 Å². The topological polar surface area (TPSA) is 37.3 Å². The standard InChI is InChI=1S/C5H6F4O2/c6-3-4(11,1-2-10)5(7,8)9/h2,11H,1,3H2. The Balaban J connectivity index is 4.45. The molecule has 66 valence electrons. The van der Waals surface area contributed by atoms with Crippen molar-refractivity contribution in [2.45, 2.75) is 18.2 Å². The van der Waals surface area contributed by atoms with E-state index >= 15 is 0 Å². The van der Waals surface area contributed by atoms with Gasteiger partial charge in [0, 0.05) is 6.42 Å². The van der Waals surface area contributed by atoms with Crippen molar-refractivity contribution in [3.63, 3.8) is 0 Å². The van der Waals surface area contributed by atoms with Gasteiger partial charge in [-0.3, -0.25) is 0 Å². The number of carbonyl (C=O) groups excluding carboxylic acids is 1. The Morgan fingerprint density at radius 2 is 1.82 bits per heavy atom. The lowest BCUT2D eigenvalue weighted by atomic mass is 10.0. The molecule has 0 spiro atoms. The lowest BCUT2D eigenvalue weighted by molar-refractivity contribution is -0.263. The number of alkyl halides is 4. The molecule has 0 amide bonds. The second-order valence-corrected chi connectivity index (χ2v) is 2.03. The average molecular weight is 174 g/mol. The number of carbonyl (C=O) groups is 1. The summed E-state index contributed by atoms with van der Waals surface area (Å²) in [5.74, 6) is 0. The average Bonchev–Trinajstić information content (AvgIpc) is 1.86. The van der Waals surface area contributed by atoms with Gasteiger partial charge in [0.1, 0.15) is 13.0 Å². The summed E-state index contributed by atoms with van der Waals surface area (Å²) >= 11 is 0. The monoisotopic (exact) mass is 174 g/mol. The Bertz CT molecular complexity index is 144. The van der Waals surface area contributed by atoms with Gasteiger partial charge in [0.25, 0.3) is 0 Å². The number of hydrogen-bond donors (Lipinski definition) is 1. The molecule has 11 heavy (non-hydrogen) atoms. The Morgan fingerprint density at radius 3 is 1.91 bits per heavy atom. The van der Waals surface area contributed by atoms with Crippen molar-refractivity contribution in [1.29, 1.82) is 0 Å². The second kappa shape index (κ2) is 3.17. The molecule has 1 N–H and O–H groups in total. The Morgan fingerprint density at radius 1 is 1.36 bits per heavy atom. The minimum Gasteiger partial charge on any atom is -0.378 e. The summed E-state index contributed by atoms with van der Waals surface area (Å²) in [7, 11) is 0. The lowest BCUT2D eigenvalue weighted by Crippen LogP contribution is -2.47. The molecule has 0 aliphatic heterocycles. The molecule has 0 aliphatic rings. The van der Waals surface area contributed by atoms with Crippen LogP contribution in [0, 0.1) is 0 Å². The van der Waals surface area contributed by atoms with Crippen molar-refractivity contribution in [2.75, 3.05) is 6.67 Å². The maximum Gasteiger partial charge on any atom is 0.420 e. The largest absolute Gasteiger partial charge is 0.420 e. The predicted molar refractivity (Wildman–Crippen MR) is 27.7 cm³/mol. The minimum atomic E-state index is -5.09. The molecular formula is C5H6F4O2. The lowest BCUT2D eigenvalue weighted by Gasteiger charge is -2.24. The predicted octanol–water partition coefficient (Wildman–Crippen LogP) is 0.838. The first kappa shape index (κ1) is 10.3. The fourth-order valence-electron chi connectivity index (χ4n) is 0.384. The summed E-state index contributed by atoms with van der Waals surface area (Å²) in [5, 5.41) is 8.43. The molecule has 0 fully saturated rings. The first-order valence-corrected chi connectivity index (χ1v) is 2.66. The van der Waals surface area contributed by atoms with E-state index in [4.69, 9.17) is 5.11 Å². The van der Waals surface area contributed by atoms with E-state index in [-0.39, 0.29) is 6.29 Å². The van der Waals surface area contributed by atoms with E-state index in [9.17, 15) is 22.4 Å². The van der Waals surface area contributed by atoms with E-state index in [1.807, 2.05) is 0 Å². The number of aldehydes is 1. The van der Waals surface area contributed by atoms with Gasteiger partial charge in [-0.2, -0.15) is 13.2 Å². The summed E-state index contributed by atoms with van der Waals surface area (Å²) in [6, 6.07) is 0. The maximum absolute atomic E-state index is 11.6. The Kier molecular flexibility index (Phi) is 2.98. The third-order valence-corrected chi connectivity index (χ3v) is 1.17. The Labute approximate surface area is 59.8 Å². The summed E-state index contributed by atoms with van der Waals surface area (Å²) in [6.07, 6.45) is -6.54. The van der Waals surface area contributed by atoms with Crippen molar-refractivity contribution in [3.05, 3.63) is 0 Å². The second-order valence-electron chi connectivity index (χ2n) is 2.03. The highest BCUT2D eigenvalue weighted by atomic mass is 19.4. The maximum atomic E-state index is 11.6. The summed E-state index contributed by atoms with van der Waals surface area (Å²) in [6.45, 7) is -2.00. The molecular weight excluding hydrogens is 168 g/mol. The fraction of sp³-hybridized carbons (Fsp3) is 0.800. The van der Waals surface area contributed by atoms with Crippen LogP contribution in [-0.4, -0.2) is 29.8 Å². The van der Waals surface area contributed by atoms with Crippen LogP contribution >= 0.6 is 0 Å². The van der Waals surface area contributed by atoms with Gasteiger partial charge in [-0.25, -0.2) is 4.39 Å². The van der Waals surface area contributed by atoms with Crippen LogP contribution in [0.4, 0.5) is 17.6 Å². The molecule has 1 unspecified atom stereocenters. The van der Waals surface area contributed by atoms with Gasteiger partial charge in [-0.05, 0) is 0 Å². The van der Waals surface area contributed by atoms with E-state index in [1.165, 1.54) is 0 Å². The van der Waals surface area contributed by atoms with Gasteiger partial charge in [0.15, 0.2) is 5.60 Å². The van der Waals surface area contributed by atoms with Gasteiger partial charge in [0.05, 0.1) is 0 Å². The highest BCUT2D eigenvalue weighted by Gasteiger charge is 2.53. The van der Waals surface area contributed by atoms with Crippen LogP contribution in [0.15, 0.2) is 0 Å². The molecule has 0 radical (unpaired) electrons. The van der Waals surface area contributed by atoms with Crippen LogP contribution in [0.3, 0.4) is 0 Å². The number of aliphatic hydroxyl groups is 1. The van der Waals surface area contributed by atoms with Crippen LogP contribution in [0.5, 0.6) is 0 Å². The molecule has 0 aliphatic carbocycles. The van der Waals surface area contributed by atoms with Crippen molar-refractivity contribution >= 4 is 6.29 Å². The van der Waals surface area contributed by atoms with Crippen LogP contribution in [0.1, 0.15) is 6.42 Å². The Hall–Kier alpha value is -0.650. The van der Waals surface area contributed by atoms with Gasteiger partial charge >= 0.3 is 6.18 Å². The van der Waals surface area contributed by atoms with Gasteiger partial charge in [0.2, 0.25) is 0 Å². The van der Waals surface area contributed by atoms with E-state index in [0.29, 0.717) is 0 Å². The molecule has 1 atom stereocenters. The van der Waals surface area contributed by atoms with E-state index in [2.05, 4.69) is 0 Å². The van der Waals surface area contributed by atoms with Crippen molar-refractivity contribution in [2.24, 2.45) is 0 Å². The van der Waals surface area contributed by atoms with Crippen LogP contribution in [0.25, 0.3) is 0 Å². The SMILES string of the molecule is O=CCC(O)(CF)C(F)(F)F. The molecule has 2 nitrogen and oxygen atoms in total. The molecule has 0 heterocycles. The van der Waals surface area contributed by atoms with Crippen LogP contribution < -0.4 is 0 Å². The van der Waals surface area contributed by atoms with E-state index in [0.717, 1.165) is 0 Å². The molecule has 0 saturated carbocycles. The minimum absolute atomic E-state index is 0.174. The zero-order chi connectivity index (χ0) is 9.12. The highest BCUT2D eigenvalue weighted by Crippen LogP contribution is 2.32. The third kappa shape index (κ3) is 2.14. The first-order chi connectivity index (χ1) is 4.87. The normalized spacial score (nSPS) is 17.5. The number of rotatable bonds is 3. The smallest absolute Gasteiger partial charge is 0.378 e. The first-order valence-electron chi connectivity index (χ1n) is 2.66. The molecule has 0 aromatic heterocycles. The van der Waals surface area contributed by atoms with Gasteiger partial charge in [-0.1, -0.05) is 0 Å². The van der Waals surface area contributed by atoms with E-state index in [1.54, 1.807) is 0 Å². The molecule has 0 aromatic rings. The fourth-order valence-corrected chi connectivity index (χ4v) is 0.384. The third-order valence-electron chi connectivity index (χ3n) is 1.17. The quantitative estimate of drug-likeness (QED) is 0.508. The number of hydrogen-bond acceptors (Lipinski definition) is 2. The van der Waals surface area contributed by atoms with Crippen LogP contribution in [-0.2, 0) is 4.79 Å². The van der Waals surface area contributed by atoms with Crippen molar-refractivity contribution in [1.82, 2.24) is 0 Å². The van der Waals surface area contributed by atoms with Crippen molar-refractivity contribution < 1.29 is 27.5 Å². The highest BCUT2D eigenvalue weighted by molar-refractivity contribution is 5.51. The molecule has 6 heteroatoms. The zero-order valence-corrected chi connectivity index (χ0v) is 5.36. The summed E-state index contributed by atoms with van der Waals surface area (Å²) in [4.78, 5) is 9.60. The zero-order valence-electron chi connectivity index (χ0n) is 5.36. The summed E-state index contributed by atoms with van der Waals surface area (Å²) < 4.78 is 46.5. The van der Waals surface area contributed by atoms with Crippen molar-refractivity contribution in [3.8, 4) is 0 Å². The number of halogens is 4. The van der Waals surface area contributed by atoms with Crippen LogP contribution in [0.2, 0.25) is 0 Å².